The van der Waals surface area contributed by atoms with Crippen LogP contribution in [0.3, 0.4) is 0 Å². The van der Waals surface area contributed by atoms with Crippen LogP contribution < -0.4 is 5.32 Å². The molecule has 0 spiro atoms. The van der Waals surface area contributed by atoms with Crippen LogP contribution in [0.15, 0.2) is 12.3 Å². The molecule has 4 heteroatoms. The monoisotopic (exact) mass is 226 g/mol. The molecule has 1 aromatic heterocycles. The number of pyridine rings is 1. The lowest BCUT2D eigenvalue weighted by Crippen LogP contribution is -2.16. The number of aromatic nitrogens is 1. The summed E-state index contributed by atoms with van der Waals surface area (Å²) in [6, 6.07) is 2.31. The molecule has 0 saturated heterocycles. The Kier molecular flexibility index (Phi) is 3.44. The fourth-order valence-electron chi connectivity index (χ4n) is 2.01. The molecule has 0 aromatic carbocycles. The van der Waals surface area contributed by atoms with E-state index in [0.29, 0.717) is 11.2 Å². The van der Waals surface area contributed by atoms with E-state index >= 15 is 0 Å². The van der Waals surface area contributed by atoms with E-state index in [0.717, 1.165) is 11.3 Å². The van der Waals surface area contributed by atoms with E-state index in [1.807, 2.05) is 0 Å². The van der Waals surface area contributed by atoms with Gasteiger partial charge in [-0.05, 0) is 18.9 Å². The maximum atomic E-state index is 9.16. The Hall–Kier alpha value is -0.800. The van der Waals surface area contributed by atoms with Gasteiger partial charge in [0.15, 0.2) is 0 Å². The van der Waals surface area contributed by atoms with Crippen molar-refractivity contribution in [2.24, 2.45) is 0 Å². The van der Waals surface area contributed by atoms with Crippen molar-refractivity contribution in [3.05, 3.63) is 23.0 Å². The molecule has 1 aliphatic carbocycles. The number of aliphatic hydroxyl groups is 1. The first-order chi connectivity index (χ1) is 7.29. The first kappa shape index (κ1) is 10.7. The van der Waals surface area contributed by atoms with E-state index in [4.69, 9.17) is 16.7 Å². The Morgan fingerprint density at radius 2 is 2.20 bits per heavy atom. The van der Waals surface area contributed by atoms with Crippen molar-refractivity contribution in [3.8, 4) is 0 Å². The lowest BCUT2D eigenvalue weighted by molar-refractivity contribution is 0.282. The highest BCUT2D eigenvalue weighted by Gasteiger charge is 2.16. The Balaban J connectivity index is 2.14. The number of nitrogens with zero attached hydrogens (tertiary/aromatic N) is 1. The minimum Gasteiger partial charge on any atom is -0.392 e. The van der Waals surface area contributed by atoms with E-state index in [-0.39, 0.29) is 6.61 Å². The number of hydrogen-bond acceptors (Lipinski definition) is 3. The zero-order valence-electron chi connectivity index (χ0n) is 8.54. The number of aliphatic hydroxyl groups excluding tert-OH is 1. The van der Waals surface area contributed by atoms with Crippen LogP contribution in [0, 0.1) is 0 Å². The highest BCUT2D eigenvalue weighted by molar-refractivity contribution is 6.29. The molecule has 1 heterocycles. The van der Waals surface area contributed by atoms with Crippen molar-refractivity contribution in [1.29, 1.82) is 0 Å². The third-order valence-electron chi connectivity index (χ3n) is 2.84. The zero-order valence-corrected chi connectivity index (χ0v) is 9.30. The predicted molar refractivity (Wildman–Crippen MR) is 61.0 cm³/mol. The van der Waals surface area contributed by atoms with E-state index < -0.39 is 0 Å². The first-order valence-corrected chi connectivity index (χ1v) is 5.69. The smallest absolute Gasteiger partial charge is 0.131 e. The summed E-state index contributed by atoms with van der Waals surface area (Å²) in [6.07, 6.45) is 6.59. The standard InChI is InChI=1S/C11H15ClN2O/c12-11-5-10(8(7-15)6-13-11)14-9-3-1-2-4-9/h5-6,9,15H,1-4,7H2,(H,13,14). The molecule has 1 aromatic rings. The lowest BCUT2D eigenvalue weighted by atomic mass is 10.2. The summed E-state index contributed by atoms with van der Waals surface area (Å²) in [5.74, 6) is 0. The molecule has 0 aliphatic heterocycles. The van der Waals surface area contributed by atoms with Crippen molar-refractivity contribution < 1.29 is 5.11 Å². The highest BCUT2D eigenvalue weighted by Crippen LogP contribution is 2.25. The Morgan fingerprint density at radius 1 is 1.47 bits per heavy atom. The van der Waals surface area contributed by atoms with Gasteiger partial charge >= 0.3 is 0 Å². The molecule has 0 bridgehead atoms. The van der Waals surface area contributed by atoms with Crippen LogP contribution in [0.1, 0.15) is 31.2 Å². The molecule has 0 atom stereocenters. The average molecular weight is 227 g/mol. The number of halogens is 1. The van der Waals surface area contributed by atoms with Crippen molar-refractivity contribution >= 4 is 17.3 Å². The van der Waals surface area contributed by atoms with Crippen LogP contribution >= 0.6 is 11.6 Å². The molecule has 3 nitrogen and oxygen atoms in total. The fourth-order valence-corrected chi connectivity index (χ4v) is 2.17. The third kappa shape index (κ3) is 2.61. The summed E-state index contributed by atoms with van der Waals surface area (Å²) in [6.45, 7) is -0.000772. The number of nitrogens with one attached hydrogen (secondary N) is 1. The van der Waals surface area contributed by atoms with E-state index in [1.165, 1.54) is 25.7 Å². The van der Waals surface area contributed by atoms with Gasteiger partial charge < -0.3 is 10.4 Å². The SMILES string of the molecule is OCc1cnc(Cl)cc1NC1CCCC1. The molecule has 2 N–H and O–H groups in total. The Morgan fingerprint density at radius 3 is 2.87 bits per heavy atom. The van der Waals surface area contributed by atoms with Crippen molar-refractivity contribution in [1.82, 2.24) is 4.98 Å². The summed E-state index contributed by atoms with van der Waals surface area (Å²) in [5, 5.41) is 13.0. The van der Waals surface area contributed by atoms with Gasteiger partial charge in [-0.15, -0.1) is 0 Å². The quantitative estimate of drug-likeness (QED) is 0.779. The molecule has 15 heavy (non-hydrogen) atoms. The second-order valence-corrected chi connectivity index (χ2v) is 4.34. The normalized spacial score (nSPS) is 16.9. The van der Waals surface area contributed by atoms with Crippen LogP contribution in [0.2, 0.25) is 5.15 Å². The largest absolute Gasteiger partial charge is 0.392 e. The van der Waals surface area contributed by atoms with Gasteiger partial charge in [0.2, 0.25) is 0 Å². The molecular formula is C11H15ClN2O. The van der Waals surface area contributed by atoms with Gasteiger partial charge in [0.25, 0.3) is 0 Å². The van der Waals surface area contributed by atoms with Gasteiger partial charge in [-0.2, -0.15) is 0 Å². The molecule has 1 aliphatic rings. The predicted octanol–water partition coefficient (Wildman–Crippen LogP) is 2.58. The zero-order chi connectivity index (χ0) is 10.7. The van der Waals surface area contributed by atoms with Crippen LogP contribution in [-0.4, -0.2) is 16.1 Å². The van der Waals surface area contributed by atoms with Crippen LogP contribution in [0.25, 0.3) is 0 Å². The van der Waals surface area contributed by atoms with Crippen molar-refractivity contribution in [2.45, 2.75) is 38.3 Å². The van der Waals surface area contributed by atoms with Gasteiger partial charge in [0.05, 0.1) is 6.61 Å². The first-order valence-electron chi connectivity index (χ1n) is 5.31. The Bertz CT molecular complexity index is 337. The van der Waals surface area contributed by atoms with Gasteiger partial charge in [-0.3, -0.25) is 0 Å². The second-order valence-electron chi connectivity index (χ2n) is 3.95. The molecule has 1 saturated carbocycles. The summed E-state index contributed by atoms with van der Waals surface area (Å²) in [7, 11) is 0. The minimum atomic E-state index is -0.000772. The van der Waals surface area contributed by atoms with Gasteiger partial charge in [0, 0.05) is 23.5 Å². The maximum Gasteiger partial charge on any atom is 0.131 e. The molecule has 0 radical (unpaired) electrons. The number of rotatable bonds is 3. The van der Waals surface area contributed by atoms with E-state index in [1.54, 1.807) is 12.3 Å². The molecule has 2 rings (SSSR count). The topological polar surface area (TPSA) is 45.2 Å². The molecule has 82 valence electrons. The van der Waals surface area contributed by atoms with Gasteiger partial charge in [0.1, 0.15) is 5.15 Å². The molecule has 1 fully saturated rings. The Labute approximate surface area is 94.5 Å². The van der Waals surface area contributed by atoms with E-state index in [9.17, 15) is 0 Å². The third-order valence-corrected chi connectivity index (χ3v) is 3.04. The summed E-state index contributed by atoms with van der Waals surface area (Å²) in [4.78, 5) is 3.95. The van der Waals surface area contributed by atoms with Crippen LogP contribution in [-0.2, 0) is 6.61 Å². The fraction of sp³-hybridized carbons (Fsp3) is 0.545. The van der Waals surface area contributed by atoms with Crippen molar-refractivity contribution in [3.63, 3.8) is 0 Å². The molecular weight excluding hydrogens is 212 g/mol. The average Bonchev–Trinajstić information content (AvgIpc) is 2.71. The number of hydrogen-bond donors (Lipinski definition) is 2. The lowest BCUT2D eigenvalue weighted by Gasteiger charge is -2.16. The molecule has 0 unspecified atom stereocenters. The minimum absolute atomic E-state index is 0.000772. The van der Waals surface area contributed by atoms with Crippen LogP contribution in [0.4, 0.5) is 5.69 Å². The van der Waals surface area contributed by atoms with Crippen molar-refractivity contribution in [2.75, 3.05) is 5.32 Å². The van der Waals surface area contributed by atoms with Crippen LogP contribution in [0.5, 0.6) is 0 Å². The van der Waals surface area contributed by atoms with Gasteiger partial charge in [-0.25, -0.2) is 4.98 Å². The summed E-state index contributed by atoms with van der Waals surface area (Å²) < 4.78 is 0. The number of anilines is 1. The summed E-state index contributed by atoms with van der Waals surface area (Å²) in [5.41, 5.74) is 1.73. The highest BCUT2D eigenvalue weighted by atomic mass is 35.5. The maximum absolute atomic E-state index is 9.16. The molecule has 0 amide bonds. The second kappa shape index (κ2) is 4.81. The summed E-state index contributed by atoms with van der Waals surface area (Å²) >= 11 is 5.83. The van der Waals surface area contributed by atoms with E-state index in [2.05, 4.69) is 10.3 Å². The van der Waals surface area contributed by atoms with Gasteiger partial charge in [-0.1, -0.05) is 24.4 Å².